The SMILES string of the molecule is Cc1ccc(C2(C)OCCO2)s1. The molecule has 0 aliphatic carbocycles. The molecule has 1 fully saturated rings. The van der Waals surface area contributed by atoms with Crippen LogP contribution in [0.15, 0.2) is 12.1 Å². The lowest BCUT2D eigenvalue weighted by Gasteiger charge is -2.20. The van der Waals surface area contributed by atoms with E-state index in [0.29, 0.717) is 13.2 Å². The molecule has 1 saturated heterocycles. The zero-order valence-corrected chi connectivity index (χ0v) is 8.11. The van der Waals surface area contributed by atoms with Crippen molar-refractivity contribution < 1.29 is 9.47 Å². The Morgan fingerprint density at radius 2 is 2.00 bits per heavy atom. The molecule has 0 N–H and O–H groups in total. The van der Waals surface area contributed by atoms with E-state index in [4.69, 9.17) is 9.47 Å². The van der Waals surface area contributed by atoms with Crippen LogP contribution < -0.4 is 0 Å². The second-order valence-electron chi connectivity index (χ2n) is 3.05. The van der Waals surface area contributed by atoms with Gasteiger partial charge in [0.05, 0.1) is 18.1 Å². The number of ether oxygens (including phenoxy) is 2. The van der Waals surface area contributed by atoms with Crippen LogP contribution in [0.4, 0.5) is 0 Å². The zero-order valence-electron chi connectivity index (χ0n) is 7.29. The van der Waals surface area contributed by atoms with E-state index in [2.05, 4.69) is 19.1 Å². The molecule has 0 unspecified atom stereocenters. The van der Waals surface area contributed by atoms with Crippen molar-refractivity contribution in [1.82, 2.24) is 0 Å². The van der Waals surface area contributed by atoms with E-state index >= 15 is 0 Å². The monoisotopic (exact) mass is 184 g/mol. The average Bonchev–Trinajstić information content (AvgIpc) is 2.59. The predicted molar refractivity (Wildman–Crippen MR) is 48.3 cm³/mol. The summed E-state index contributed by atoms with van der Waals surface area (Å²) in [6.45, 7) is 5.47. The van der Waals surface area contributed by atoms with Gasteiger partial charge >= 0.3 is 0 Å². The molecule has 2 rings (SSSR count). The first-order valence-electron chi connectivity index (χ1n) is 4.05. The summed E-state index contributed by atoms with van der Waals surface area (Å²) in [6.07, 6.45) is 0. The van der Waals surface area contributed by atoms with Crippen LogP contribution in [-0.4, -0.2) is 13.2 Å². The Labute approximate surface area is 76.1 Å². The minimum atomic E-state index is -0.473. The van der Waals surface area contributed by atoms with Gasteiger partial charge in [-0.1, -0.05) is 0 Å². The molecule has 1 aliphatic rings. The van der Waals surface area contributed by atoms with Crippen molar-refractivity contribution in [2.75, 3.05) is 13.2 Å². The second kappa shape index (κ2) is 2.83. The Morgan fingerprint density at radius 3 is 2.50 bits per heavy atom. The summed E-state index contributed by atoms with van der Waals surface area (Å²) in [5.41, 5.74) is 0. The molecule has 0 amide bonds. The minimum Gasteiger partial charge on any atom is -0.343 e. The van der Waals surface area contributed by atoms with E-state index in [1.165, 1.54) is 4.88 Å². The molecule has 1 aromatic heterocycles. The molecule has 0 saturated carbocycles. The molecule has 0 atom stereocenters. The molecule has 1 aromatic rings. The highest BCUT2D eigenvalue weighted by molar-refractivity contribution is 7.12. The van der Waals surface area contributed by atoms with Crippen molar-refractivity contribution in [3.8, 4) is 0 Å². The van der Waals surface area contributed by atoms with Crippen LogP contribution in [0.1, 0.15) is 16.7 Å². The summed E-state index contributed by atoms with van der Waals surface area (Å²) in [6, 6.07) is 4.17. The predicted octanol–water partition coefficient (Wildman–Crippen LogP) is 2.28. The van der Waals surface area contributed by atoms with E-state index in [9.17, 15) is 0 Å². The number of rotatable bonds is 1. The maximum absolute atomic E-state index is 5.53. The van der Waals surface area contributed by atoms with Crippen molar-refractivity contribution in [3.05, 3.63) is 21.9 Å². The summed E-state index contributed by atoms with van der Waals surface area (Å²) >= 11 is 1.73. The smallest absolute Gasteiger partial charge is 0.201 e. The Hall–Kier alpha value is -0.380. The van der Waals surface area contributed by atoms with Crippen LogP contribution in [0.25, 0.3) is 0 Å². The van der Waals surface area contributed by atoms with Crippen LogP contribution in [0, 0.1) is 6.92 Å². The van der Waals surface area contributed by atoms with E-state index in [1.54, 1.807) is 11.3 Å². The highest BCUT2D eigenvalue weighted by atomic mass is 32.1. The number of hydrogen-bond donors (Lipinski definition) is 0. The van der Waals surface area contributed by atoms with Gasteiger partial charge in [-0.15, -0.1) is 11.3 Å². The van der Waals surface area contributed by atoms with Crippen molar-refractivity contribution >= 4 is 11.3 Å². The fourth-order valence-electron chi connectivity index (χ4n) is 1.34. The van der Waals surface area contributed by atoms with Gasteiger partial charge in [0.15, 0.2) is 0 Å². The quantitative estimate of drug-likeness (QED) is 0.666. The van der Waals surface area contributed by atoms with Crippen LogP contribution in [0.5, 0.6) is 0 Å². The molecule has 0 aromatic carbocycles. The van der Waals surface area contributed by atoms with Gasteiger partial charge in [-0.05, 0) is 26.0 Å². The Bertz CT molecular complexity index is 274. The average molecular weight is 184 g/mol. The van der Waals surface area contributed by atoms with Gasteiger partial charge < -0.3 is 9.47 Å². The van der Waals surface area contributed by atoms with Crippen molar-refractivity contribution in [2.45, 2.75) is 19.6 Å². The molecule has 0 radical (unpaired) electrons. The largest absolute Gasteiger partial charge is 0.343 e. The van der Waals surface area contributed by atoms with E-state index < -0.39 is 5.79 Å². The molecule has 3 heteroatoms. The van der Waals surface area contributed by atoms with E-state index in [-0.39, 0.29) is 0 Å². The van der Waals surface area contributed by atoms with Gasteiger partial charge in [-0.3, -0.25) is 0 Å². The van der Waals surface area contributed by atoms with Crippen molar-refractivity contribution in [2.24, 2.45) is 0 Å². The lowest BCUT2D eigenvalue weighted by atomic mass is 10.2. The standard InChI is InChI=1S/C9H12O2S/c1-7-3-4-8(12-7)9(2)10-5-6-11-9/h3-4H,5-6H2,1-2H3. The highest BCUT2D eigenvalue weighted by Gasteiger charge is 2.34. The molecule has 2 heterocycles. The third-order valence-corrected chi connectivity index (χ3v) is 3.21. The fraction of sp³-hybridized carbons (Fsp3) is 0.556. The van der Waals surface area contributed by atoms with Gasteiger partial charge in [0.2, 0.25) is 5.79 Å². The zero-order chi connectivity index (χ0) is 8.60. The topological polar surface area (TPSA) is 18.5 Å². The number of thiophene rings is 1. The molecular weight excluding hydrogens is 172 g/mol. The lowest BCUT2D eigenvalue weighted by molar-refractivity contribution is -0.146. The normalized spacial score (nSPS) is 21.5. The van der Waals surface area contributed by atoms with Gasteiger partial charge in [0.1, 0.15) is 0 Å². The Balaban J connectivity index is 2.28. The van der Waals surface area contributed by atoms with Crippen LogP contribution in [0.3, 0.4) is 0 Å². The van der Waals surface area contributed by atoms with Gasteiger partial charge in [0, 0.05) is 4.88 Å². The summed E-state index contributed by atoms with van der Waals surface area (Å²) < 4.78 is 11.1. The highest BCUT2D eigenvalue weighted by Crippen LogP contribution is 2.34. The molecule has 12 heavy (non-hydrogen) atoms. The van der Waals surface area contributed by atoms with Crippen LogP contribution in [-0.2, 0) is 15.3 Å². The van der Waals surface area contributed by atoms with Gasteiger partial charge in [-0.25, -0.2) is 0 Å². The van der Waals surface area contributed by atoms with E-state index in [1.807, 2.05) is 6.92 Å². The molecule has 1 aliphatic heterocycles. The number of hydrogen-bond acceptors (Lipinski definition) is 3. The third kappa shape index (κ3) is 1.28. The summed E-state index contributed by atoms with van der Waals surface area (Å²) in [5.74, 6) is -0.473. The first-order chi connectivity index (χ1) is 5.71. The van der Waals surface area contributed by atoms with Gasteiger partial charge in [0.25, 0.3) is 0 Å². The summed E-state index contributed by atoms with van der Waals surface area (Å²) in [5, 5.41) is 0. The van der Waals surface area contributed by atoms with E-state index in [0.717, 1.165) is 4.88 Å². The molecule has 0 bridgehead atoms. The van der Waals surface area contributed by atoms with Gasteiger partial charge in [-0.2, -0.15) is 0 Å². The molecular formula is C9H12O2S. The second-order valence-corrected chi connectivity index (χ2v) is 4.34. The van der Waals surface area contributed by atoms with Crippen molar-refractivity contribution in [1.29, 1.82) is 0 Å². The molecule has 2 nitrogen and oxygen atoms in total. The third-order valence-electron chi connectivity index (χ3n) is 2.03. The Morgan fingerprint density at radius 1 is 1.33 bits per heavy atom. The maximum Gasteiger partial charge on any atom is 0.201 e. The molecule has 66 valence electrons. The van der Waals surface area contributed by atoms with Crippen molar-refractivity contribution in [3.63, 3.8) is 0 Å². The lowest BCUT2D eigenvalue weighted by Crippen LogP contribution is -2.20. The maximum atomic E-state index is 5.53. The first-order valence-corrected chi connectivity index (χ1v) is 4.87. The fourth-order valence-corrected chi connectivity index (χ4v) is 2.26. The van der Waals surface area contributed by atoms with Crippen LogP contribution >= 0.6 is 11.3 Å². The van der Waals surface area contributed by atoms with Crippen LogP contribution in [0.2, 0.25) is 0 Å². The first kappa shape index (κ1) is 8.23. The summed E-state index contributed by atoms with van der Waals surface area (Å²) in [7, 11) is 0. The molecule has 0 spiro atoms. The minimum absolute atomic E-state index is 0.473. The summed E-state index contributed by atoms with van der Waals surface area (Å²) in [4.78, 5) is 2.46. The Kier molecular flexibility index (Phi) is 1.94. The number of aryl methyl sites for hydroxylation is 1.